The second-order valence-electron chi connectivity index (χ2n) is 7.78. The van der Waals surface area contributed by atoms with Crippen LogP contribution < -0.4 is 0 Å². The topological polar surface area (TPSA) is 37.4 Å². The van der Waals surface area contributed by atoms with E-state index < -0.39 is 15.4 Å². The first-order valence-corrected chi connectivity index (χ1v) is 11.9. The maximum atomic E-state index is 13.7. The van der Waals surface area contributed by atoms with Crippen LogP contribution in [-0.4, -0.2) is 19.3 Å². The first kappa shape index (κ1) is 20.4. The van der Waals surface area contributed by atoms with E-state index in [9.17, 15) is 8.42 Å². The molecule has 1 heterocycles. The van der Waals surface area contributed by atoms with Gasteiger partial charge in [0.15, 0.2) is 0 Å². The third-order valence-corrected chi connectivity index (χ3v) is 7.76. The third kappa shape index (κ3) is 3.35. The number of allylic oxidation sites excluding steroid dienone is 2. The minimum Gasteiger partial charge on any atom is -0.269 e. The van der Waals surface area contributed by atoms with Crippen LogP contribution in [0.15, 0.2) is 102 Å². The highest BCUT2D eigenvalue weighted by molar-refractivity contribution is 7.89. The van der Waals surface area contributed by atoms with E-state index in [2.05, 4.69) is 37.3 Å². The zero-order chi connectivity index (χ0) is 21.2. The van der Waals surface area contributed by atoms with Crippen molar-refractivity contribution in [1.29, 1.82) is 0 Å². The summed E-state index contributed by atoms with van der Waals surface area (Å²) in [6.45, 7) is 4.47. The molecule has 0 bridgehead atoms. The normalized spacial score (nSPS) is 17.4. The summed E-state index contributed by atoms with van der Waals surface area (Å²) in [4.78, 5) is 0.340. The summed E-state index contributed by atoms with van der Waals surface area (Å²) < 4.78 is 29.0. The van der Waals surface area contributed by atoms with Crippen molar-refractivity contribution in [2.45, 2.75) is 37.0 Å². The summed E-state index contributed by atoms with van der Waals surface area (Å²) in [5.74, 6) is 0. The van der Waals surface area contributed by atoms with Gasteiger partial charge in [0, 0.05) is 12.2 Å². The number of aryl methyl sites for hydroxylation is 1. The number of hydrogen-bond donors (Lipinski definition) is 0. The summed E-state index contributed by atoms with van der Waals surface area (Å²) in [5.41, 5.74) is 3.65. The van der Waals surface area contributed by atoms with Crippen LogP contribution in [-0.2, 0) is 15.4 Å². The molecule has 4 heteroatoms. The number of benzene rings is 3. The standard InChI is InChI=1S/C26H27NO2S/c1-3-10-25-26(22-11-6-4-7-12-22,23-13-8-5-9-14-23)19-20-27(25)30(28,29)24-17-15-21(2)16-18-24/h4-18H,3,19-20H2,1-2H3/b25-10+. The Morgan fingerprint density at radius 2 is 1.40 bits per heavy atom. The lowest BCUT2D eigenvalue weighted by Gasteiger charge is -2.34. The van der Waals surface area contributed by atoms with Gasteiger partial charge in [-0.25, -0.2) is 8.42 Å². The molecule has 3 aromatic carbocycles. The van der Waals surface area contributed by atoms with E-state index in [1.54, 1.807) is 16.4 Å². The Kier molecular flexibility index (Phi) is 5.52. The number of nitrogens with zero attached hydrogens (tertiary/aromatic N) is 1. The lowest BCUT2D eigenvalue weighted by atomic mass is 9.71. The van der Waals surface area contributed by atoms with Gasteiger partial charge in [0.25, 0.3) is 10.0 Å². The number of rotatable bonds is 5. The molecule has 0 spiro atoms. The van der Waals surface area contributed by atoms with Crippen LogP contribution in [0.3, 0.4) is 0 Å². The number of hydrogen-bond acceptors (Lipinski definition) is 2. The molecule has 0 saturated carbocycles. The Hall–Kier alpha value is -2.85. The molecule has 30 heavy (non-hydrogen) atoms. The maximum absolute atomic E-state index is 13.7. The van der Waals surface area contributed by atoms with Crippen molar-refractivity contribution in [3.63, 3.8) is 0 Å². The molecular formula is C26H27NO2S. The van der Waals surface area contributed by atoms with E-state index in [4.69, 9.17) is 0 Å². The molecule has 3 aromatic rings. The molecule has 154 valence electrons. The molecule has 0 unspecified atom stereocenters. The Balaban J connectivity index is 1.91. The molecule has 0 N–H and O–H groups in total. The average molecular weight is 418 g/mol. The van der Waals surface area contributed by atoms with Crippen LogP contribution in [0.5, 0.6) is 0 Å². The van der Waals surface area contributed by atoms with Crippen molar-refractivity contribution < 1.29 is 8.42 Å². The quantitative estimate of drug-likeness (QED) is 0.536. The van der Waals surface area contributed by atoms with Crippen LogP contribution in [0.4, 0.5) is 0 Å². The van der Waals surface area contributed by atoms with E-state index in [1.165, 1.54) is 0 Å². The van der Waals surface area contributed by atoms with Gasteiger partial charge in [-0.15, -0.1) is 0 Å². The fourth-order valence-electron chi connectivity index (χ4n) is 4.48. The molecule has 3 nitrogen and oxygen atoms in total. The van der Waals surface area contributed by atoms with Gasteiger partial charge in [0.1, 0.15) is 0 Å². The average Bonchev–Trinajstić information content (AvgIpc) is 3.16. The van der Waals surface area contributed by atoms with Crippen molar-refractivity contribution in [3.8, 4) is 0 Å². The predicted octanol–water partition coefficient (Wildman–Crippen LogP) is 5.67. The fraction of sp³-hybridized carbons (Fsp3) is 0.231. The van der Waals surface area contributed by atoms with Crippen molar-refractivity contribution in [3.05, 3.63) is 113 Å². The van der Waals surface area contributed by atoms with E-state index in [-0.39, 0.29) is 0 Å². The largest absolute Gasteiger partial charge is 0.269 e. The van der Waals surface area contributed by atoms with Crippen LogP contribution in [0.2, 0.25) is 0 Å². The van der Waals surface area contributed by atoms with Gasteiger partial charge in [-0.2, -0.15) is 0 Å². The van der Waals surface area contributed by atoms with Gasteiger partial charge in [-0.3, -0.25) is 4.31 Å². The van der Waals surface area contributed by atoms with E-state index in [1.807, 2.05) is 55.5 Å². The summed E-state index contributed by atoms with van der Waals surface area (Å²) in [6, 6.07) is 27.7. The van der Waals surface area contributed by atoms with Crippen molar-refractivity contribution in [2.75, 3.05) is 6.54 Å². The molecule has 0 aliphatic carbocycles. The molecule has 0 radical (unpaired) electrons. The van der Waals surface area contributed by atoms with Crippen LogP contribution in [0, 0.1) is 6.92 Å². The van der Waals surface area contributed by atoms with Gasteiger partial charge in [-0.1, -0.05) is 91.4 Å². The molecule has 1 aliphatic heterocycles. The summed E-state index contributed by atoms with van der Waals surface area (Å²) in [5, 5.41) is 0. The second-order valence-corrected chi connectivity index (χ2v) is 9.64. The van der Waals surface area contributed by atoms with Crippen LogP contribution in [0.1, 0.15) is 36.5 Å². The highest BCUT2D eigenvalue weighted by Gasteiger charge is 2.49. The molecule has 0 aromatic heterocycles. The fourth-order valence-corrected chi connectivity index (χ4v) is 6.04. The first-order valence-electron chi connectivity index (χ1n) is 10.4. The molecule has 0 atom stereocenters. The van der Waals surface area contributed by atoms with Crippen molar-refractivity contribution in [2.24, 2.45) is 0 Å². The Morgan fingerprint density at radius 3 is 1.90 bits per heavy atom. The van der Waals surface area contributed by atoms with Gasteiger partial charge >= 0.3 is 0 Å². The van der Waals surface area contributed by atoms with Gasteiger partial charge in [-0.05, 0) is 43.0 Å². The monoisotopic (exact) mass is 417 g/mol. The molecule has 1 saturated heterocycles. The van der Waals surface area contributed by atoms with Crippen LogP contribution in [0.25, 0.3) is 0 Å². The predicted molar refractivity (Wildman–Crippen MR) is 122 cm³/mol. The lowest BCUT2D eigenvalue weighted by molar-refractivity contribution is 0.506. The highest BCUT2D eigenvalue weighted by atomic mass is 32.2. The maximum Gasteiger partial charge on any atom is 0.264 e. The summed E-state index contributed by atoms with van der Waals surface area (Å²) in [7, 11) is -3.65. The second kappa shape index (κ2) is 8.11. The zero-order valence-corrected chi connectivity index (χ0v) is 18.3. The van der Waals surface area contributed by atoms with Gasteiger partial charge < -0.3 is 0 Å². The minimum atomic E-state index is -3.65. The van der Waals surface area contributed by atoms with Gasteiger partial charge in [0.2, 0.25) is 0 Å². The number of sulfonamides is 1. The molecular weight excluding hydrogens is 390 g/mol. The Morgan fingerprint density at radius 1 is 0.867 bits per heavy atom. The van der Waals surface area contributed by atoms with E-state index in [0.29, 0.717) is 17.9 Å². The summed E-state index contributed by atoms with van der Waals surface area (Å²) >= 11 is 0. The minimum absolute atomic E-state index is 0.340. The Bertz CT molecular complexity index is 1100. The molecule has 0 amide bonds. The first-order chi connectivity index (χ1) is 14.5. The molecule has 1 fully saturated rings. The zero-order valence-electron chi connectivity index (χ0n) is 17.5. The van der Waals surface area contributed by atoms with E-state index >= 15 is 0 Å². The Labute approximate surface area is 179 Å². The SMILES string of the molecule is CC/C=C1/N(S(=O)(=O)c2ccc(C)cc2)CCC1(c1ccccc1)c1ccccc1. The summed E-state index contributed by atoms with van der Waals surface area (Å²) in [6.07, 6.45) is 3.55. The highest BCUT2D eigenvalue weighted by Crippen LogP contribution is 2.50. The van der Waals surface area contributed by atoms with Crippen molar-refractivity contribution in [1.82, 2.24) is 4.31 Å². The lowest BCUT2D eigenvalue weighted by Crippen LogP contribution is -2.33. The van der Waals surface area contributed by atoms with Crippen molar-refractivity contribution >= 4 is 10.0 Å². The molecule has 4 rings (SSSR count). The van der Waals surface area contributed by atoms with Crippen LogP contribution >= 0.6 is 0 Å². The smallest absolute Gasteiger partial charge is 0.264 e. The molecule has 1 aliphatic rings. The third-order valence-electron chi connectivity index (χ3n) is 5.94. The van der Waals surface area contributed by atoms with E-state index in [0.717, 1.165) is 28.8 Å². The van der Waals surface area contributed by atoms with Gasteiger partial charge in [0.05, 0.1) is 10.3 Å².